The molecular weight excluding hydrogens is 272 g/mol. The third kappa shape index (κ3) is 2.95. The molecule has 1 heterocycles. The summed E-state index contributed by atoms with van der Waals surface area (Å²) in [5.74, 6) is 0.731. The number of nitrogens with one attached hydrogen (secondary N) is 1. The van der Waals surface area contributed by atoms with Gasteiger partial charge in [-0.25, -0.2) is 0 Å². The molecule has 118 valence electrons. The van der Waals surface area contributed by atoms with E-state index < -0.39 is 0 Å². The Morgan fingerprint density at radius 1 is 1.36 bits per heavy atom. The van der Waals surface area contributed by atoms with E-state index in [0.717, 1.165) is 39.0 Å². The molecular formula is C19H26N2O. The summed E-state index contributed by atoms with van der Waals surface area (Å²) in [4.78, 5) is 14.2. The number of piperidine rings is 1. The number of carbonyl (C=O) groups is 1. The van der Waals surface area contributed by atoms with E-state index in [2.05, 4.69) is 48.3 Å². The Morgan fingerprint density at radius 3 is 3.00 bits per heavy atom. The molecule has 1 N–H and O–H groups in total. The second kappa shape index (κ2) is 6.66. The molecule has 3 rings (SSSR count). The minimum Gasteiger partial charge on any atom is -0.356 e. The number of benzene rings is 1. The van der Waals surface area contributed by atoms with Gasteiger partial charge in [0.2, 0.25) is 5.91 Å². The fraction of sp³-hybridized carbons (Fsp3) is 0.526. The molecule has 1 fully saturated rings. The molecule has 3 heteroatoms. The number of fused-ring (bicyclic) bond motifs is 3. The van der Waals surface area contributed by atoms with Crippen molar-refractivity contribution in [2.24, 2.45) is 0 Å². The van der Waals surface area contributed by atoms with Gasteiger partial charge in [-0.3, -0.25) is 4.79 Å². The van der Waals surface area contributed by atoms with Gasteiger partial charge in [-0.1, -0.05) is 36.8 Å². The van der Waals surface area contributed by atoms with Gasteiger partial charge in [0.25, 0.3) is 0 Å². The Bertz CT molecular complexity index is 591. The molecule has 1 amide bonds. The first kappa shape index (κ1) is 15.3. The number of allylic oxidation sites excluding steroid dienone is 1. The van der Waals surface area contributed by atoms with Crippen molar-refractivity contribution in [2.75, 3.05) is 26.2 Å². The third-order valence-electron chi connectivity index (χ3n) is 5.01. The lowest BCUT2D eigenvalue weighted by Crippen LogP contribution is -2.37. The summed E-state index contributed by atoms with van der Waals surface area (Å²) in [6, 6.07) is 8.80. The molecule has 1 aromatic rings. The van der Waals surface area contributed by atoms with E-state index in [1.807, 2.05) is 0 Å². The van der Waals surface area contributed by atoms with Crippen LogP contribution in [0.5, 0.6) is 0 Å². The van der Waals surface area contributed by atoms with E-state index in [9.17, 15) is 4.79 Å². The Kier molecular flexibility index (Phi) is 4.63. The van der Waals surface area contributed by atoms with E-state index >= 15 is 0 Å². The number of hydrogen-bond donors (Lipinski definition) is 1. The van der Waals surface area contributed by atoms with Crippen molar-refractivity contribution in [3.05, 3.63) is 41.0 Å². The fourth-order valence-corrected chi connectivity index (χ4v) is 3.78. The summed E-state index contributed by atoms with van der Waals surface area (Å²) in [6.07, 6.45) is 2.76. The first-order chi connectivity index (χ1) is 10.7. The zero-order valence-electron chi connectivity index (χ0n) is 13.7. The van der Waals surface area contributed by atoms with Crippen LogP contribution in [0, 0.1) is 0 Å². The SMILES string of the molecule is CCCNC(=O)CCN1CCC2=C(C)c3ccccc3C2C1. The van der Waals surface area contributed by atoms with E-state index in [0.29, 0.717) is 12.3 Å². The molecule has 1 saturated heterocycles. The molecule has 0 bridgehead atoms. The zero-order chi connectivity index (χ0) is 15.5. The molecule has 1 aliphatic heterocycles. The topological polar surface area (TPSA) is 32.3 Å². The van der Waals surface area contributed by atoms with Crippen LogP contribution < -0.4 is 5.32 Å². The highest BCUT2D eigenvalue weighted by Gasteiger charge is 2.33. The average molecular weight is 298 g/mol. The Balaban J connectivity index is 1.61. The number of amides is 1. The molecule has 0 aromatic heterocycles. The summed E-state index contributed by atoms with van der Waals surface area (Å²) in [7, 11) is 0. The number of likely N-dealkylation sites (tertiary alicyclic amines) is 1. The average Bonchev–Trinajstić information content (AvgIpc) is 2.84. The summed E-state index contributed by atoms with van der Waals surface area (Å²) >= 11 is 0. The lowest BCUT2D eigenvalue weighted by molar-refractivity contribution is -0.121. The predicted molar refractivity (Wildman–Crippen MR) is 90.8 cm³/mol. The lowest BCUT2D eigenvalue weighted by Gasteiger charge is -2.33. The van der Waals surface area contributed by atoms with Gasteiger partial charge >= 0.3 is 0 Å². The molecule has 1 unspecified atom stereocenters. The Hall–Kier alpha value is -1.61. The van der Waals surface area contributed by atoms with E-state index in [1.165, 1.54) is 16.7 Å². The van der Waals surface area contributed by atoms with Gasteiger partial charge in [0.1, 0.15) is 0 Å². The van der Waals surface area contributed by atoms with Crippen LogP contribution in [0.25, 0.3) is 5.57 Å². The van der Waals surface area contributed by atoms with E-state index in [1.54, 1.807) is 5.57 Å². The highest BCUT2D eigenvalue weighted by Crippen LogP contribution is 2.45. The van der Waals surface area contributed by atoms with Crippen molar-refractivity contribution in [2.45, 2.75) is 39.0 Å². The maximum Gasteiger partial charge on any atom is 0.221 e. The molecule has 1 aromatic carbocycles. The second-order valence-electron chi connectivity index (χ2n) is 6.44. The van der Waals surface area contributed by atoms with Gasteiger partial charge in [-0.2, -0.15) is 0 Å². The zero-order valence-corrected chi connectivity index (χ0v) is 13.7. The monoisotopic (exact) mass is 298 g/mol. The van der Waals surface area contributed by atoms with Crippen LogP contribution in [0.15, 0.2) is 29.8 Å². The molecule has 22 heavy (non-hydrogen) atoms. The molecule has 1 atom stereocenters. The molecule has 2 aliphatic rings. The number of rotatable bonds is 5. The Morgan fingerprint density at radius 2 is 2.18 bits per heavy atom. The second-order valence-corrected chi connectivity index (χ2v) is 6.44. The molecule has 3 nitrogen and oxygen atoms in total. The van der Waals surface area contributed by atoms with Gasteiger partial charge in [0.05, 0.1) is 0 Å². The maximum atomic E-state index is 11.8. The maximum absolute atomic E-state index is 11.8. The van der Waals surface area contributed by atoms with Crippen LogP contribution >= 0.6 is 0 Å². The van der Waals surface area contributed by atoms with E-state index in [4.69, 9.17) is 0 Å². The smallest absolute Gasteiger partial charge is 0.221 e. The number of carbonyl (C=O) groups excluding carboxylic acids is 1. The number of hydrogen-bond acceptors (Lipinski definition) is 2. The van der Waals surface area contributed by atoms with Crippen LogP contribution in [-0.2, 0) is 4.79 Å². The fourth-order valence-electron chi connectivity index (χ4n) is 3.78. The predicted octanol–water partition coefficient (Wildman–Crippen LogP) is 3.18. The third-order valence-corrected chi connectivity index (χ3v) is 5.01. The van der Waals surface area contributed by atoms with Crippen LogP contribution in [0.1, 0.15) is 50.2 Å². The standard InChI is InChI=1S/C19H26N2O/c1-3-10-20-19(22)9-12-21-11-8-16-14(2)15-6-4-5-7-17(15)18(16)13-21/h4-7,18H,3,8-13H2,1-2H3,(H,20,22). The van der Waals surface area contributed by atoms with Crippen LogP contribution in [0.2, 0.25) is 0 Å². The summed E-state index contributed by atoms with van der Waals surface area (Å²) < 4.78 is 0. The minimum absolute atomic E-state index is 0.186. The molecule has 1 aliphatic carbocycles. The molecule has 0 radical (unpaired) electrons. The highest BCUT2D eigenvalue weighted by molar-refractivity contribution is 5.77. The van der Waals surface area contributed by atoms with Crippen molar-refractivity contribution < 1.29 is 4.79 Å². The summed E-state index contributed by atoms with van der Waals surface area (Å²) in [6.45, 7) is 8.16. The quantitative estimate of drug-likeness (QED) is 0.905. The van der Waals surface area contributed by atoms with Crippen molar-refractivity contribution >= 4 is 11.5 Å². The van der Waals surface area contributed by atoms with Crippen molar-refractivity contribution in [1.29, 1.82) is 0 Å². The van der Waals surface area contributed by atoms with E-state index in [-0.39, 0.29) is 5.91 Å². The number of nitrogens with zero attached hydrogens (tertiary/aromatic N) is 1. The van der Waals surface area contributed by atoms with Crippen molar-refractivity contribution in [3.63, 3.8) is 0 Å². The normalized spacial score (nSPS) is 20.7. The largest absolute Gasteiger partial charge is 0.356 e. The first-order valence-electron chi connectivity index (χ1n) is 8.48. The summed E-state index contributed by atoms with van der Waals surface area (Å²) in [5.41, 5.74) is 6.02. The Labute approximate surface area is 133 Å². The van der Waals surface area contributed by atoms with Crippen LogP contribution in [-0.4, -0.2) is 37.0 Å². The minimum atomic E-state index is 0.186. The van der Waals surface area contributed by atoms with Crippen molar-refractivity contribution in [3.8, 4) is 0 Å². The van der Waals surface area contributed by atoms with Crippen LogP contribution in [0.3, 0.4) is 0 Å². The molecule has 0 saturated carbocycles. The van der Waals surface area contributed by atoms with Crippen molar-refractivity contribution in [1.82, 2.24) is 10.2 Å². The van der Waals surface area contributed by atoms with Gasteiger partial charge in [0, 0.05) is 38.5 Å². The van der Waals surface area contributed by atoms with Gasteiger partial charge in [-0.15, -0.1) is 0 Å². The van der Waals surface area contributed by atoms with Gasteiger partial charge in [0.15, 0.2) is 0 Å². The van der Waals surface area contributed by atoms with Gasteiger partial charge in [-0.05, 0) is 36.5 Å². The van der Waals surface area contributed by atoms with Gasteiger partial charge < -0.3 is 10.2 Å². The lowest BCUT2D eigenvalue weighted by atomic mass is 9.89. The first-order valence-corrected chi connectivity index (χ1v) is 8.48. The molecule has 0 spiro atoms. The highest BCUT2D eigenvalue weighted by atomic mass is 16.1. The van der Waals surface area contributed by atoms with Crippen LogP contribution in [0.4, 0.5) is 0 Å². The summed E-state index contributed by atoms with van der Waals surface area (Å²) in [5, 5.41) is 2.97.